The van der Waals surface area contributed by atoms with Crippen LogP contribution in [0.3, 0.4) is 0 Å². The number of rotatable bonds is 6. The van der Waals surface area contributed by atoms with E-state index in [1.807, 2.05) is 0 Å². The monoisotopic (exact) mass is 396 g/mol. The molecule has 27 heavy (non-hydrogen) atoms. The summed E-state index contributed by atoms with van der Waals surface area (Å²) in [4.78, 5) is 6.87. The SMILES string of the molecule is CCN(C)S(=O)(=O)Nc1ccc(F)c(C(O)c2cc3cccnc3[nH]2)c1F. The van der Waals surface area contributed by atoms with Crippen LogP contribution in [0.2, 0.25) is 0 Å². The van der Waals surface area contributed by atoms with Crippen molar-refractivity contribution in [1.82, 2.24) is 14.3 Å². The predicted molar refractivity (Wildman–Crippen MR) is 97.4 cm³/mol. The number of anilines is 1. The van der Waals surface area contributed by atoms with Gasteiger partial charge in [0, 0.05) is 25.2 Å². The molecule has 0 bridgehead atoms. The molecule has 1 aromatic carbocycles. The van der Waals surface area contributed by atoms with Gasteiger partial charge < -0.3 is 10.1 Å². The molecule has 0 aliphatic heterocycles. The molecule has 0 aliphatic rings. The zero-order valence-corrected chi connectivity index (χ0v) is 15.4. The van der Waals surface area contributed by atoms with Gasteiger partial charge in [0.25, 0.3) is 0 Å². The minimum Gasteiger partial charge on any atom is -0.382 e. The number of pyridine rings is 1. The van der Waals surface area contributed by atoms with E-state index < -0.39 is 39.2 Å². The summed E-state index contributed by atoms with van der Waals surface area (Å²) >= 11 is 0. The van der Waals surface area contributed by atoms with Crippen molar-refractivity contribution in [3.8, 4) is 0 Å². The summed E-state index contributed by atoms with van der Waals surface area (Å²) in [5.74, 6) is -2.19. The van der Waals surface area contributed by atoms with E-state index >= 15 is 0 Å². The van der Waals surface area contributed by atoms with Crippen molar-refractivity contribution in [3.63, 3.8) is 0 Å². The molecule has 3 N–H and O–H groups in total. The Bertz CT molecular complexity index is 1050. The van der Waals surface area contributed by atoms with Gasteiger partial charge in [0.05, 0.1) is 16.9 Å². The van der Waals surface area contributed by atoms with Crippen molar-refractivity contribution < 1.29 is 22.3 Å². The van der Waals surface area contributed by atoms with E-state index in [1.54, 1.807) is 19.1 Å². The van der Waals surface area contributed by atoms with Crippen LogP contribution in [0.5, 0.6) is 0 Å². The summed E-state index contributed by atoms with van der Waals surface area (Å²) in [6, 6.07) is 6.80. The highest BCUT2D eigenvalue weighted by Gasteiger charge is 2.26. The molecule has 0 radical (unpaired) electrons. The van der Waals surface area contributed by atoms with Crippen molar-refractivity contribution in [2.75, 3.05) is 18.3 Å². The zero-order chi connectivity index (χ0) is 19.8. The van der Waals surface area contributed by atoms with Gasteiger partial charge in [-0.15, -0.1) is 0 Å². The first-order valence-corrected chi connectivity index (χ1v) is 9.52. The van der Waals surface area contributed by atoms with Gasteiger partial charge in [0.1, 0.15) is 17.6 Å². The molecule has 7 nitrogen and oxygen atoms in total. The van der Waals surface area contributed by atoms with Crippen molar-refractivity contribution in [1.29, 1.82) is 0 Å². The number of nitrogens with one attached hydrogen (secondary N) is 2. The van der Waals surface area contributed by atoms with Gasteiger partial charge in [0.15, 0.2) is 5.82 Å². The second-order valence-electron chi connectivity index (χ2n) is 5.91. The van der Waals surface area contributed by atoms with Gasteiger partial charge in [0.2, 0.25) is 0 Å². The third-order valence-electron chi connectivity index (χ3n) is 4.20. The Hall–Kier alpha value is -2.56. The number of hydrogen-bond acceptors (Lipinski definition) is 4. The van der Waals surface area contributed by atoms with Crippen LogP contribution < -0.4 is 4.72 Å². The molecule has 0 spiro atoms. The average Bonchev–Trinajstić information content (AvgIpc) is 3.07. The molecule has 0 saturated carbocycles. The summed E-state index contributed by atoms with van der Waals surface area (Å²) in [6.07, 6.45) is -0.136. The van der Waals surface area contributed by atoms with E-state index in [2.05, 4.69) is 14.7 Å². The van der Waals surface area contributed by atoms with E-state index in [1.165, 1.54) is 19.3 Å². The molecule has 3 rings (SSSR count). The van der Waals surface area contributed by atoms with E-state index in [0.29, 0.717) is 11.0 Å². The normalized spacial score (nSPS) is 13.3. The van der Waals surface area contributed by atoms with Crippen molar-refractivity contribution in [2.24, 2.45) is 0 Å². The molecule has 1 atom stereocenters. The van der Waals surface area contributed by atoms with Crippen molar-refractivity contribution >= 4 is 26.9 Å². The zero-order valence-electron chi connectivity index (χ0n) is 14.6. The minimum absolute atomic E-state index is 0.132. The number of aromatic nitrogens is 2. The smallest absolute Gasteiger partial charge is 0.301 e. The average molecular weight is 396 g/mol. The van der Waals surface area contributed by atoms with Gasteiger partial charge in [-0.05, 0) is 30.3 Å². The molecular weight excluding hydrogens is 378 g/mol. The molecule has 3 aromatic rings. The lowest BCUT2D eigenvalue weighted by molar-refractivity contribution is 0.205. The lowest BCUT2D eigenvalue weighted by Crippen LogP contribution is -2.32. The van der Waals surface area contributed by atoms with E-state index in [0.717, 1.165) is 16.4 Å². The Morgan fingerprint density at radius 1 is 1.33 bits per heavy atom. The number of benzene rings is 1. The van der Waals surface area contributed by atoms with Crippen molar-refractivity contribution in [3.05, 3.63) is 59.4 Å². The Labute approximate surface area is 154 Å². The Morgan fingerprint density at radius 2 is 2.07 bits per heavy atom. The molecule has 2 aromatic heterocycles. The maximum absolute atomic E-state index is 14.8. The van der Waals surface area contributed by atoms with Crippen LogP contribution in [0.4, 0.5) is 14.5 Å². The fourth-order valence-electron chi connectivity index (χ4n) is 2.57. The van der Waals surface area contributed by atoms with E-state index in [4.69, 9.17) is 0 Å². The van der Waals surface area contributed by atoms with Gasteiger partial charge in [-0.25, -0.2) is 13.8 Å². The highest BCUT2D eigenvalue weighted by Crippen LogP contribution is 2.32. The second-order valence-corrected chi connectivity index (χ2v) is 7.69. The molecule has 1 unspecified atom stereocenters. The fraction of sp³-hybridized carbons (Fsp3) is 0.235. The third kappa shape index (κ3) is 3.64. The quantitative estimate of drug-likeness (QED) is 0.596. The predicted octanol–water partition coefficient (Wildman–Crippen LogP) is 2.53. The van der Waals surface area contributed by atoms with E-state index in [-0.39, 0.29) is 12.2 Å². The summed E-state index contributed by atoms with van der Waals surface area (Å²) in [6.45, 7) is 1.77. The molecular formula is C17H18F2N4O3S. The Morgan fingerprint density at radius 3 is 2.74 bits per heavy atom. The molecule has 0 aliphatic carbocycles. The van der Waals surface area contributed by atoms with Gasteiger partial charge in [-0.1, -0.05) is 6.92 Å². The maximum atomic E-state index is 14.8. The van der Waals surface area contributed by atoms with Crippen LogP contribution in [0.1, 0.15) is 24.3 Å². The lowest BCUT2D eigenvalue weighted by Gasteiger charge is -2.19. The molecule has 144 valence electrons. The number of H-pyrrole nitrogens is 1. The summed E-state index contributed by atoms with van der Waals surface area (Å²) in [5, 5.41) is 11.2. The molecule has 10 heteroatoms. The van der Waals surface area contributed by atoms with Crippen LogP contribution in [0.25, 0.3) is 11.0 Å². The molecule has 2 heterocycles. The number of aliphatic hydroxyl groups excluding tert-OH is 1. The van der Waals surface area contributed by atoms with E-state index in [9.17, 15) is 22.3 Å². The number of fused-ring (bicyclic) bond motifs is 1. The first kappa shape index (κ1) is 19.2. The molecule has 0 saturated heterocycles. The first-order chi connectivity index (χ1) is 12.7. The highest BCUT2D eigenvalue weighted by molar-refractivity contribution is 7.90. The second kappa shape index (κ2) is 7.22. The van der Waals surface area contributed by atoms with Crippen LogP contribution in [0.15, 0.2) is 36.5 Å². The van der Waals surface area contributed by atoms with Crippen LogP contribution in [-0.2, 0) is 10.2 Å². The number of hydrogen-bond donors (Lipinski definition) is 3. The summed E-state index contributed by atoms with van der Waals surface area (Å²) in [7, 11) is -2.69. The molecule has 0 fully saturated rings. The summed E-state index contributed by atoms with van der Waals surface area (Å²) in [5.41, 5.74) is -0.540. The number of nitrogens with zero attached hydrogens (tertiary/aromatic N) is 2. The first-order valence-electron chi connectivity index (χ1n) is 8.08. The van der Waals surface area contributed by atoms with Crippen molar-refractivity contribution in [2.45, 2.75) is 13.0 Å². The number of halogens is 2. The highest BCUT2D eigenvalue weighted by atomic mass is 32.2. The topological polar surface area (TPSA) is 98.3 Å². The Kier molecular flexibility index (Phi) is 5.13. The third-order valence-corrected chi connectivity index (χ3v) is 5.76. The maximum Gasteiger partial charge on any atom is 0.301 e. The van der Waals surface area contributed by atoms with Gasteiger partial charge in [-0.3, -0.25) is 4.72 Å². The van der Waals surface area contributed by atoms with Crippen LogP contribution >= 0.6 is 0 Å². The number of aromatic amines is 1. The fourth-order valence-corrected chi connectivity index (χ4v) is 3.50. The lowest BCUT2D eigenvalue weighted by atomic mass is 10.0. The van der Waals surface area contributed by atoms with Gasteiger partial charge in [-0.2, -0.15) is 12.7 Å². The largest absolute Gasteiger partial charge is 0.382 e. The number of aliphatic hydroxyl groups is 1. The summed E-state index contributed by atoms with van der Waals surface area (Å²) < 4.78 is 56.4. The van der Waals surface area contributed by atoms with Crippen LogP contribution in [-0.4, -0.2) is 41.4 Å². The van der Waals surface area contributed by atoms with Crippen LogP contribution in [0, 0.1) is 11.6 Å². The Balaban J connectivity index is 2.02. The minimum atomic E-state index is -4.00. The van der Waals surface area contributed by atoms with Gasteiger partial charge >= 0.3 is 10.2 Å². The standard InChI is InChI=1S/C17H18F2N4O3S/c1-3-23(2)27(25,26)22-12-7-6-11(18)14(15(12)19)16(24)13-9-10-5-4-8-20-17(10)21-13/h4-9,16,22,24H,3H2,1-2H3,(H,20,21). The molecule has 0 amide bonds.